The first kappa shape index (κ1) is 13.0. The van der Waals surface area contributed by atoms with Crippen LogP contribution in [-0.2, 0) is 19.4 Å². The van der Waals surface area contributed by atoms with E-state index < -0.39 is 26.6 Å². The summed E-state index contributed by atoms with van der Waals surface area (Å²) in [4.78, 5) is 11.8. The van der Waals surface area contributed by atoms with E-state index in [0.717, 1.165) is 0 Å². The number of carbonyl (C=O) groups excluding carboxylic acids is 1. The van der Waals surface area contributed by atoms with Crippen LogP contribution in [0.25, 0.3) is 0 Å². The maximum Gasteiger partial charge on any atom is 0.327 e. The fourth-order valence-electron chi connectivity index (χ4n) is 1.89. The van der Waals surface area contributed by atoms with Gasteiger partial charge in [0.15, 0.2) is 9.84 Å². The molecule has 1 aliphatic rings. The van der Waals surface area contributed by atoms with Gasteiger partial charge < -0.3 is 10.5 Å². The molecule has 0 bridgehead atoms. The molecule has 1 saturated carbocycles. The van der Waals surface area contributed by atoms with E-state index in [2.05, 4.69) is 0 Å². The minimum atomic E-state index is -3.56. The lowest BCUT2D eigenvalue weighted by atomic mass is 10.3. The molecule has 2 atom stereocenters. The van der Waals surface area contributed by atoms with Gasteiger partial charge in [-0.25, -0.2) is 8.42 Å². The number of sulfone groups is 1. The van der Waals surface area contributed by atoms with Gasteiger partial charge in [-0.15, -0.1) is 0 Å². The van der Waals surface area contributed by atoms with Crippen LogP contribution in [0.2, 0.25) is 0 Å². The van der Waals surface area contributed by atoms with E-state index in [1.54, 1.807) is 25.1 Å². The summed E-state index contributed by atoms with van der Waals surface area (Å²) in [5, 5.41) is -0.883. The first-order valence-electron chi connectivity index (χ1n) is 5.68. The lowest BCUT2D eigenvalue weighted by Gasteiger charge is -2.10. The topological polar surface area (TPSA) is 86.5 Å². The van der Waals surface area contributed by atoms with Gasteiger partial charge in [0.05, 0.1) is 16.8 Å². The minimum Gasteiger partial charge on any atom is -0.465 e. The Morgan fingerprint density at radius 3 is 2.61 bits per heavy atom. The number of ether oxygens (including phenoxy) is 1. The van der Waals surface area contributed by atoms with E-state index in [9.17, 15) is 13.2 Å². The highest BCUT2D eigenvalue weighted by atomic mass is 32.2. The Kier molecular flexibility index (Phi) is 3.16. The standard InChI is InChI=1S/C12H15NO4S/c1-2-17-11(14)12(13)8-10(12)18(15,16)9-6-4-3-5-7-9/h3-7,10H,2,8,13H2,1H3/t10-,12-/m1/s1. The van der Waals surface area contributed by atoms with E-state index >= 15 is 0 Å². The van der Waals surface area contributed by atoms with Gasteiger partial charge >= 0.3 is 5.97 Å². The molecular weight excluding hydrogens is 254 g/mol. The average molecular weight is 269 g/mol. The van der Waals surface area contributed by atoms with Crippen molar-refractivity contribution in [1.82, 2.24) is 0 Å². The van der Waals surface area contributed by atoms with Crippen LogP contribution in [-0.4, -0.2) is 31.8 Å². The predicted molar refractivity (Wildman–Crippen MR) is 65.6 cm³/mol. The van der Waals surface area contributed by atoms with Crippen LogP contribution in [0.5, 0.6) is 0 Å². The van der Waals surface area contributed by atoms with Gasteiger partial charge in [0.1, 0.15) is 5.54 Å². The summed E-state index contributed by atoms with van der Waals surface area (Å²) in [6, 6.07) is 8.00. The van der Waals surface area contributed by atoms with E-state index in [-0.39, 0.29) is 17.9 Å². The Labute approximate surface area is 106 Å². The third kappa shape index (κ3) is 2.02. The zero-order valence-electron chi connectivity index (χ0n) is 10.00. The molecule has 1 aromatic rings. The summed E-state index contributed by atoms with van der Waals surface area (Å²) in [7, 11) is -3.56. The van der Waals surface area contributed by atoms with Gasteiger partial charge in [0, 0.05) is 0 Å². The number of rotatable bonds is 4. The number of nitrogens with two attached hydrogens (primary N) is 1. The second-order valence-corrected chi connectivity index (χ2v) is 6.44. The van der Waals surface area contributed by atoms with Crippen molar-refractivity contribution in [3.8, 4) is 0 Å². The first-order valence-corrected chi connectivity index (χ1v) is 7.22. The van der Waals surface area contributed by atoms with E-state index in [1.807, 2.05) is 0 Å². The van der Waals surface area contributed by atoms with Gasteiger partial charge in [-0.3, -0.25) is 4.79 Å². The van der Waals surface area contributed by atoms with Crippen molar-refractivity contribution in [1.29, 1.82) is 0 Å². The maximum atomic E-state index is 12.2. The Morgan fingerprint density at radius 2 is 2.06 bits per heavy atom. The molecule has 0 radical (unpaired) electrons. The van der Waals surface area contributed by atoms with Gasteiger partial charge in [-0.1, -0.05) is 18.2 Å². The summed E-state index contributed by atoms with van der Waals surface area (Å²) in [5.41, 5.74) is 4.41. The molecule has 1 aromatic carbocycles. The molecule has 1 aliphatic carbocycles. The quantitative estimate of drug-likeness (QED) is 0.804. The first-order chi connectivity index (χ1) is 8.43. The summed E-state index contributed by atoms with van der Waals surface area (Å²) >= 11 is 0. The highest BCUT2D eigenvalue weighted by molar-refractivity contribution is 7.92. The number of benzene rings is 1. The SMILES string of the molecule is CCOC(=O)[C@@]1(N)C[C@H]1S(=O)(=O)c1ccccc1. The van der Waals surface area contributed by atoms with Crippen LogP contribution in [0, 0.1) is 0 Å². The number of hydrogen-bond acceptors (Lipinski definition) is 5. The zero-order chi connectivity index (χ0) is 13.4. The molecule has 0 heterocycles. The Morgan fingerprint density at radius 1 is 1.44 bits per heavy atom. The molecule has 1 fully saturated rings. The highest BCUT2D eigenvalue weighted by Crippen LogP contribution is 2.43. The smallest absolute Gasteiger partial charge is 0.327 e. The molecule has 0 aliphatic heterocycles. The molecule has 0 saturated heterocycles. The van der Waals surface area contributed by atoms with E-state index in [0.29, 0.717) is 0 Å². The molecule has 0 unspecified atom stereocenters. The predicted octanol–water partition coefficient (Wildman–Crippen LogP) is 0.493. The number of hydrogen-bond donors (Lipinski definition) is 1. The Bertz CT molecular complexity index is 555. The zero-order valence-corrected chi connectivity index (χ0v) is 10.8. The number of carbonyl (C=O) groups is 1. The van der Waals surface area contributed by atoms with Crippen molar-refractivity contribution in [2.75, 3.05) is 6.61 Å². The van der Waals surface area contributed by atoms with Crippen molar-refractivity contribution in [2.24, 2.45) is 5.73 Å². The number of esters is 1. The fourth-order valence-corrected chi connectivity index (χ4v) is 3.90. The molecule has 5 nitrogen and oxygen atoms in total. The van der Waals surface area contributed by atoms with Crippen molar-refractivity contribution in [3.05, 3.63) is 30.3 Å². The van der Waals surface area contributed by atoms with Crippen molar-refractivity contribution >= 4 is 15.8 Å². The second kappa shape index (κ2) is 4.37. The molecule has 2 rings (SSSR count). The van der Waals surface area contributed by atoms with Crippen LogP contribution >= 0.6 is 0 Å². The monoisotopic (exact) mass is 269 g/mol. The van der Waals surface area contributed by atoms with Crippen LogP contribution in [0.1, 0.15) is 13.3 Å². The van der Waals surface area contributed by atoms with Crippen LogP contribution in [0.3, 0.4) is 0 Å². The third-order valence-corrected chi connectivity index (χ3v) is 5.30. The lowest BCUT2D eigenvalue weighted by molar-refractivity contribution is -0.145. The van der Waals surface area contributed by atoms with Crippen molar-refractivity contribution in [2.45, 2.75) is 29.0 Å². The largest absolute Gasteiger partial charge is 0.465 e. The molecule has 0 amide bonds. The van der Waals surface area contributed by atoms with Crippen LogP contribution in [0.15, 0.2) is 35.2 Å². The Hall–Kier alpha value is -1.40. The van der Waals surface area contributed by atoms with E-state index in [4.69, 9.17) is 10.5 Å². The van der Waals surface area contributed by atoms with Crippen molar-refractivity contribution < 1.29 is 17.9 Å². The van der Waals surface area contributed by atoms with Crippen molar-refractivity contribution in [3.63, 3.8) is 0 Å². The normalized spacial score (nSPS) is 26.7. The summed E-state index contributed by atoms with van der Waals surface area (Å²) in [6.07, 6.45) is 0.114. The summed E-state index contributed by atoms with van der Waals surface area (Å²) in [6.45, 7) is 1.85. The Balaban J connectivity index is 2.24. The van der Waals surface area contributed by atoms with Crippen LogP contribution < -0.4 is 5.73 Å². The fraction of sp³-hybridized carbons (Fsp3) is 0.417. The summed E-state index contributed by atoms with van der Waals surface area (Å²) < 4.78 is 29.3. The third-order valence-electron chi connectivity index (χ3n) is 3.04. The molecule has 98 valence electrons. The molecule has 0 spiro atoms. The highest BCUT2D eigenvalue weighted by Gasteiger charge is 2.65. The van der Waals surface area contributed by atoms with Crippen LogP contribution in [0.4, 0.5) is 0 Å². The maximum absolute atomic E-state index is 12.2. The lowest BCUT2D eigenvalue weighted by Crippen LogP contribution is -2.40. The summed E-state index contributed by atoms with van der Waals surface area (Å²) in [5.74, 6) is -0.644. The molecule has 2 N–H and O–H groups in total. The second-order valence-electron chi connectivity index (χ2n) is 4.31. The van der Waals surface area contributed by atoms with Gasteiger partial charge in [-0.05, 0) is 25.5 Å². The molecule has 0 aromatic heterocycles. The molecular formula is C12H15NO4S. The molecule has 18 heavy (non-hydrogen) atoms. The van der Waals surface area contributed by atoms with Gasteiger partial charge in [0.25, 0.3) is 0 Å². The average Bonchev–Trinajstić information content (AvgIpc) is 3.06. The minimum absolute atomic E-state index is 0.114. The van der Waals surface area contributed by atoms with E-state index in [1.165, 1.54) is 12.1 Å². The molecule has 6 heteroatoms. The van der Waals surface area contributed by atoms with Gasteiger partial charge in [0.2, 0.25) is 0 Å². The van der Waals surface area contributed by atoms with Gasteiger partial charge in [-0.2, -0.15) is 0 Å².